The number of carbonyl (C=O) groups is 1. The molecule has 0 radical (unpaired) electrons. The molecule has 3 heteroatoms. The lowest BCUT2D eigenvalue weighted by Crippen LogP contribution is -2.23. The van der Waals surface area contributed by atoms with Crippen molar-refractivity contribution in [2.45, 2.75) is 0 Å². The first-order valence-corrected chi connectivity index (χ1v) is 3.56. The van der Waals surface area contributed by atoms with Gasteiger partial charge in [-0.25, -0.2) is 4.79 Å². The predicted octanol–water partition coefficient (Wildman–Crippen LogP) is 1.33. The molecule has 0 saturated carbocycles. The second kappa shape index (κ2) is 4.18. The van der Waals surface area contributed by atoms with Crippen molar-refractivity contribution in [1.29, 1.82) is 0 Å². The largest absolute Gasteiger partial charge is 0.351 e. The number of amides is 2. The highest BCUT2D eigenvalue weighted by Crippen LogP contribution is 1.99. The Morgan fingerprint density at radius 1 is 1.33 bits per heavy atom. The van der Waals surface area contributed by atoms with E-state index in [1.165, 1.54) is 6.20 Å². The van der Waals surface area contributed by atoms with Crippen molar-refractivity contribution in [2.24, 2.45) is 5.73 Å². The molecule has 0 saturated heterocycles. The monoisotopic (exact) mass is 162 g/mol. The summed E-state index contributed by atoms with van der Waals surface area (Å²) >= 11 is 0. The summed E-state index contributed by atoms with van der Waals surface area (Å²) in [5, 5.41) is 2.35. The normalized spacial score (nSPS) is 10.0. The summed E-state index contributed by atoms with van der Waals surface area (Å²) in [5.74, 6) is 0. The Bertz CT molecular complexity index is 280. The molecular formula is C9H10N2O. The van der Waals surface area contributed by atoms with E-state index in [4.69, 9.17) is 5.73 Å². The van der Waals surface area contributed by atoms with Crippen molar-refractivity contribution < 1.29 is 4.79 Å². The van der Waals surface area contributed by atoms with E-state index >= 15 is 0 Å². The van der Waals surface area contributed by atoms with E-state index in [-0.39, 0.29) is 0 Å². The number of benzene rings is 1. The van der Waals surface area contributed by atoms with Crippen molar-refractivity contribution in [3.63, 3.8) is 0 Å². The van der Waals surface area contributed by atoms with Crippen molar-refractivity contribution >= 4 is 12.1 Å². The van der Waals surface area contributed by atoms with Gasteiger partial charge in [-0.15, -0.1) is 0 Å². The maximum atomic E-state index is 10.2. The first-order valence-electron chi connectivity index (χ1n) is 3.56. The molecule has 3 nitrogen and oxygen atoms in total. The lowest BCUT2D eigenvalue weighted by Gasteiger charge is -1.92. The zero-order chi connectivity index (χ0) is 8.81. The second-order valence-corrected chi connectivity index (χ2v) is 2.25. The van der Waals surface area contributed by atoms with Crippen molar-refractivity contribution in [1.82, 2.24) is 5.32 Å². The van der Waals surface area contributed by atoms with Crippen molar-refractivity contribution in [3.8, 4) is 0 Å². The van der Waals surface area contributed by atoms with Crippen LogP contribution < -0.4 is 11.1 Å². The van der Waals surface area contributed by atoms with Gasteiger partial charge < -0.3 is 11.1 Å². The van der Waals surface area contributed by atoms with Gasteiger partial charge in [0.2, 0.25) is 0 Å². The van der Waals surface area contributed by atoms with Crippen LogP contribution >= 0.6 is 0 Å². The highest BCUT2D eigenvalue weighted by molar-refractivity contribution is 5.73. The number of hydrogen-bond acceptors (Lipinski definition) is 1. The summed E-state index contributed by atoms with van der Waals surface area (Å²) in [6, 6.07) is 9.08. The van der Waals surface area contributed by atoms with Crippen LogP contribution in [0.1, 0.15) is 5.56 Å². The van der Waals surface area contributed by atoms with Gasteiger partial charge in [-0.05, 0) is 11.6 Å². The van der Waals surface area contributed by atoms with Crippen LogP contribution in [0.3, 0.4) is 0 Å². The van der Waals surface area contributed by atoms with Gasteiger partial charge in [0.05, 0.1) is 0 Å². The van der Waals surface area contributed by atoms with Crippen molar-refractivity contribution in [2.75, 3.05) is 0 Å². The molecule has 0 spiro atoms. The van der Waals surface area contributed by atoms with Crippen LogP contribution in [0.4, 0.5) is 4.79 Å². The fraction of sp³-hybridized carbons (Fsp3) is 0. The second-order valence-electron chi connectivity index (χ2n) is 2.25. The fourth-order valence-electron chi connectivity index (χ4n) is 0.784. The lowest BCUT2D eigenvalue weighted by atomic mass is 10.2. The molecule has 1 aromatic rings. The molecule has 2 amide bonds. The van der Waals surface area contributed by atoms with E-state index in [1.54, 1.807) is 6.08 Å². The van der Waals surface area contributed by atoms with Crippen LogP contribution in [0.15, 0.2) is 36.5 Å². The maximum Gasteiger partial charge on any atom is 0.316 e. The van der Waals surface area contributed by atoms with E-state index in [1.807, 2.05) is 30.3 Å². The van der Waals surface area contributed by atoms with Gasteiger partial charge in [0.1, 0.15) is 0 Å². The molecule has 0 fully saturated rings. The Hall–Kier alpha value is -1.77. The Morgan fingerprint density at radius 3 is 2.58 bits per heavy atom. The molecule has 0 bridgehead atoms. The van der Waals surface area contributed by atoms with Gasteiger partial charge in [-0.2, -0.15) is 0 Å². The maximum absolute atomic E-state index is 10.2. The third kappa shape index (κ3) is 2.88. The lowest BCUT2D eigenvalue weighted by molar-refractivity contribution is 0.252. The summed E-state index contributed by atoms with van der Waals surface area (Å²) in [6.45, 7) is 0. The fourth-order valence-corrected chi connectivity index (χ4v) is 0.784. The summed E-state index contributed by atoms with van der Waals surface area (Å²) < 4.78 is 0. The zero-order valence-electron chi connectivity index (χ0n) is 6.53. The molecule has 0 heterocycles. The number of rotatable bonds is 2. The third-order valence-corrected chi connectivity index (χ3v) is 1.30. The van der Waals surface area contributed by atoms with Gasteiger partial charge in [0.15, 0.2) is 0 Å². The minimum Gasteiger partial charge on any atom is -0.351 e. The van der Waals surface area contributed by atoms with E-state index in [2.05, 4.69) is 5.32 Å². The molecule has 1 rings (SSSR count). The van der Waals surface area contributed by atoms with Crippen LogP contribution in [-0.4, -0.2) is 6.03 Å². The molecule has 0 unspecified atom stereocenters. The first kappa shape index (κ1) is 8.33. The van der Waals surface area contributed by atoms with E-state index in [9.17, 15) is 4.79 Å². The first-order chi connectivity index (χ1) is 5.79. The van der Waals surface area contributed by atoms with E-state index in [0.717, 1.165) is 5.56 Å². The van der Waals surface area contributed by atoms with Crippen LogP contribution in [0, 0.1) is 0 Å². The van der Waals surface area contributed by atoms with Gasteiger partial charge >= 0.3 is 6.03 Å². The van der Waals surface area contributed by atoms with Gasteiger partial charge in [-0.3, -0.25) is 0 Å². The molecule has 3 N–H and O–H groups in total. The minimum absolute atomic E-state index is 0.554. The highest BCUT2D eigenvalue weighted by Gasteiger charge is 1.84. The van der Waals surface area contributed by atoms with Crippen molar-refractivity contribution in [3.05, 3.63) is 42.1 Å². The molecule has 1 aromatic carbocycles. The van der Waals surface area contributed by atoms with Gasteiger partial charge in [0, 0.05) is 6.20 Å². The van der Waals surface area contributed by atoms with E-state index in [0.29, 0.717) is 0 Å². The Balaban J connectivity index is 2.52. The van der Waals surface area contributed by atoms with Crippen LogP contribution in [0.2, 0.25) is 0 Å². The van der Waals surface area contributed by atoms with E-state index < -0.39 is 6.03 Å². The van der Waals surface area contributed by atoms with Crippen LogP contribution in [-0.2, 0) is 0 Å². The molecular weight excluding hydrogens is 152 g/mol. The highest BCUT2D eigenvalue weighted by atomic mass is 16.2. The molecule has 0 aliphatic heterocycles. The number of carbonyl (C=O) groups excluding carboxylic acids is 1. The minimum atomic E-state index is -0.554. The SMILES string of the molecule is NC(=O)NC=Cc1ccccc1. The average Bonchev–Trinajstić information content (AvgIpc) is 2.05. The average molecular weight is 162 g/mol. The summed E-state index contributed by atoms with van der Waals surface area (Å²) in [5.41, 5.74) is 5.87. The topological polar surface area (TPSA) is 55.1 Å². The number of urea groups is 1. The number of hydrogen-bond donors (Lipinski definition) is 2. The molecule has 0 atom stereocenters. The summed E-state index contributed by atoms with van der Waals surface area (Å²) in [4.78, 5) is 10.2. The molecule has 62 valence electrons. The number of nitrogens with two attached hydrogens (primary N) is 1. The Kier molecular flexibility index (Phi) is 2.90. The zero-order valence-corrected chi connectivity index (χ0v) is 6.53. The quantitative estimate of drug-likeness (QED) is 0.677. The van der Waals surface area contributed by atoms with Crippen LogP contribution in [0.25, 0.3) is 6.08 Å². The predicted molar refractivity (Wildman–Crippen MR) is 48.2 cm³/mol. The third-order valence-electron chi connectivity index (χ3n) is 1.30. The number of primary amides is 1. The molecule has 0 aliphatic carbocycles. The molecule has 12 heavy (non-hydrogen) atoms. The Morgan fingerprint density at radius 2 is 2.00 bits per heavy atom. The van der Waals surface area contributed by atoms with Gasteiger partial charge in [0.25, 0.3) is 0 Å². The van der Waals surface area contributed by atoms with Crippen LogP contribution in [0.5, 0.6) is 0 Å². The summed E-state index contributed by atoms with van der Waals surface area (Å²) in [7, 11) is 0. The smallest absolute Gasteiger partial charge is 0.316 e. The molecule has 0 aromatic heterocycles. The molecule has 0 aliphatic rings. The number of nitrogens with one attached hydrogen (secondary N) is 1. The van der Waals surface area contributed by atoms with Gasteiger partial charge in [-0.1, -0.05) is 30.3 Å². The standard InChI is InChI=1S/C9H10N2O/c10-9(12)11-7-6-8-4-2-1-3-5-8/h1-7H,(H3,10,11,12). The Labute approximate surface area is 70.9 Å². The summed E-state index contributed by atoms with van der Waals surface area (Å²) in [6.07, 6.45) is 3.28.